The van der Waals surface area contributed by atoms with Gasteiger partial charge in [-0.05, 0) is 12.1 Å². The summed E-state index contributed by atoms with van der Waals surface area (Å²) < 4.78 is 1.76. The normalized spacial score (nSPS) is 9.92. The van der Waals surface area contributed by atoms with Gasteiger partial charge < -0.3 is 0 Å². The summed E-state index contributed by atoms with van der Waals surface area (Å²) in [5.74, 6) is 5.78. The van der Waals surface area contributed by atoms with Crippen LogP contribution in [0.15, 0.2) is 36.7 Å². The molecule has 0 atom stereocenters. The van der Waals surface area contributed by atoms with Gasteiger partial charge in [-0.3, -0.25) is 9.99 Å². The van der Waals surface area contributed by atoms with Crippen LogP contribution in [0.1, 0.15) is 0 Å². The van der Waals surface area contributed by atoms with E-state index in [0.29, 0.717) is 5.95 Å². The molecule has 0 aliphatic rings. The summed E-state index contributed by atoms with van der Waals surface area (Å²) in [7, 11) is 0. The predicted octanol–water partition coefficient (Wildman–Crippen LogP) is 0.553. The molecule has 0 spiro atoms. The van der Waals surface area contributed by atoms with Gasteiger partial charge in [0.2, 0.25) is 5.95 Å². The monoisotopic (exact) mass is 175 g/mol. The molecule has 0 fully saturated rings. The van der Waals surface area contributed by atoms with Gasteiger partial charge in [0.1, 0.15) is 6.33 Å². The molecule has 0 amide bonds. The summed E-state index contributed by atoms with van der Waals surface area (Å²) in [5, 5.41) is 7.53. The van der Waals surface area contributed by atoms with Crippen molar-refractivity contribution in [1.29, 1.82) is 0 Å². The Hall–Kier alpha value is -1.88. The number of nitrogens with zero attached hydrogens (tertiary/aromatic N) is 3. The highest BCUT2D eigenvalue weighted by Crippen LogP contribution is 2.10. The minimum atomic E-state index is 0.520. The number of aromatic nitrogens is 3. The molecule has 5 heteroatoms. The number of rotatable bonds is 2. The van der Waals surface area contributed by atoms with Crippen molar-refractivity contribution in [2.24, 2.45) is 5.84 Å². The van der Waals surface area contributed by atoms with Crippen LogP contribution in [-0.2, 0) is 0 Å². The number of hydrogen-bond donors (Lipinski definition) is 2. The van der Waals surface area contributed by atoms with E-state index < -0.39 is 0 Å². The molecule has 66 valence electrons. The van der Waals surface area contributed by atoms with Crippen LogP contribution in [0, 0.1) is 0 Å². The predicted molar refractivity (Wildman–Crippen MR) is 49.2 cm³/mol. The number of nitrogen functional groups attached to an aromatic ring is 1. The molecule has 2 aromatic rings. The molecule has 13 heavy (non-hydrogen) atoms. The maximum Gasteiger partial charge on any atom is 0.243 e. The lowest BCUT2D eigenvalue weighted by Crippen LogP contribution is -2.12. The second-order valence-corrected chi connectivity index (χ2v) is 2.50. The highest BCUT2D eigenvalue weighted by atomic mass is 15.4. The van der Waals surface area contributed by atoms with E-state index in [0.717, 1.165) is 5.69 Å². The molecule has 1 aromatic carbocycles. The van der Waals surface area contributed by atoms with Crippen molar-refractivity contribution in [3.8, 4) is 5.69 Å². The first-order valence-corrected chi connectivity index (χ1v) is 3.84. The average molecular weight is 175 g/mol. The molecule has 5 nitrogen and oxygen atoms in total. The number of para-hydroxylation sites is 1. The molecule has 0 unspecified atom stereocenters. The van der Waals surface area contributed by atoms with Crippen LogP contribution in [0.4, 0.5) is 5.95 Å². The van der Waals surface area contributed by atoms with Gasteiger partial charge in [-0.15, -0.1) is 10.2 Å². The number of hydrogen-bond acceptors (Lipinski definition) is 4. The van der Waals surface area contributed by atoms with Crippen molar-refractivity contribution >= 4 is 5.95 Å². The van der Waals surface area contributed by atoms with Crippen molar-refractivity contribution < 1.29 is 0 Å². The molecule has 1 heterocycles. The first-order chi connectivity index (χ1) is 6.42. The second kappa shape index (κ2) is 3.24. The van der Waals surface area contributed by atoms with E-state index in [4.69, 9.17) is 5.84 Å². The molecule has 0 aliphatic heterocycles. The summed E-state index contributed by atoms with van der Waals surface area (Å²) in [4.78, 5) is 0. The SMILES string of the molecule is NNc1nncn1-c1ccccc1. The van der Waals surface area contributed by atoms with Gasteiger partial charge in [-0.25, -0.2) is 5.84 Å². The maximum absolute atomic E-state index is 5.26. The maximum atomic E-state index is 5.26. The van der Waals surface area contributed by atoms with E-state index >= 15 is 0 Å². The quantitative estimate of drug-likeness (QED) is 0.516. The lowest BCUT2D eigenvalue weighted by atomic mass is 10.3. The van der Waals surface area contributed by atoms with E-state index in [9.17, 15) is 0 Å². The van der Waals surface area contributed by atoms with Gasteiger partial charge in [0.15, 0.2) is 0 Å². The Kier molecular flexibility index (Phi) is 1.93. The van der Waals surface area contributed by atoms with E-state index in [2.05, 4.69) is 15.6 Å². The Morgan fingerprint density at radius 2 is 2.00 bits per heavy atom. The van der Waals surface area contributed by atoms with Gasteiger partial charge in [0, 0.05) is 0 Å². The lowest BCUT2D eigenvalue weighted by molar-refractivity contribution is 1.04. The second-order valence-electron chi connectivity index (χ2n) is 2.50. The summed E-state index contributed by atoms with van der Waals surface area (Å²) in [6.07, 6.45) is 1.60. The highest BCUT2D eigenvalue weighted by molar-refractivity contribution is 5.39. The number of benzene rings is 1. The minimum absolute atomic E-state index is 0.520. The van der Waals surface area contributed by atoms with Crippen LogP contribution in [0.2, 0.25) is 0 Å². The molecule has 0 radical (unpaired) electrons. The Morgan fingerprint density at radius 1 is 1.23 bits per heavy atom. The van der Waals surface area contributed by atoms with E-state index in [-0.39, 0.29) is 0 Å². The Bertz CT molecular complexity index is 380. The molecule has 1 aromatic heterocycles. The van der Waals surface area contributed by atoms with Crippen LogP contribution in [0.5, 0.6) is 0 Å². The van der Waals surface area contributed by atoms with Gasteiger partial charge in [-0.2, -0.15) is 0 Å². The van der Waals surface area contributed by atoms with Gasteiger partial charge in [-0.1, -0.05) is 18.2 Å². The smallest absolute Gasteiger partial charge is 0.243 e. The third kappa shape index (κ3) is 1.36. The molecule has 0 aliphatic carbocycles. The highest BCUT2D eigenvalue weighted by Gasteiger charge is 2.02. The van der Waals surface area contributed by atoms with Crippen molar-refractivity contribution in [2.45, 2.75) is 0 Å². The van der Waals surface area contributed by atoms with Crippen molar-refractivity contribution in [3.63, 3.8) is 0 Å². The van der Waals surface area contributed by atoms with Gasteiger partial charge in [0.25, 0.3) is 0 Å². The lowest BCUT2D eigenvalue weighted by Gasteiger charge is -2.03. The van der Waals surface area contributed by atoms with Crippen LogP contribution in [0.3, 0.4) is 0 Å². The number of nitrogens with two attached hydrogens (primary N) is 1. The zero-order valence-electron chi connectivity index (χ0n) is 6.88. The van der Waals surface area contributed by atoms with Crippen molar-refractivity contribution in [3.05, 3.63) is 36.7 Å². The fourth-order valence-electron chi connectivity index (χ4n) is 1.11. The first kappa shape index (κ1) is 7.75. The fourth-order valence-corrected chi connectivity index (χ4v) is 1.11. The summed E-state index contributed by atoms with van der Waals surface area (Å²) in [6.45, 7) is 0. The van der Waals surface area contributed by atoms with Crippen LogP contribution >= 0.6 is 0 Å². The molecular weight excluding hydrogens is 166 g/mol. The Morgan fingerprint density at radius 3 is 2.69 bits per heavy atom. The van der Waals surface area contributed by atoms with E-state index in [1.807, 2.05) is 30.3 Å². The average Bonchev–Trinajstić information content (AvgIpc) is 2.67. The fraction of sp³-hybridized carbons (Fsp3) is 0. The summed E-state index contributed by atoms with van der Waals surface area (Å²) >= 11 is 0. The summed E-state index contributed by atoms with van der Waals surface area (Å²) in [6, 6.07) is 9.73. The molecule has 2 rings (SSSR count). The largest absolute Gasteiger partial charge is 0.292 e. The topological polar surface area (TPSA) is 68.8 Å². The third-order valence-electron chi connectivity index (χ3n) is 1.71. The van der Waals surface area contributed by atoms with Crippen molar-refractivity contribution in [2.75, 3.05) is 5.43 Å². The van der Waals surface area contributed by atoms with Gasteiger partial charge >= 0.3 is 0 Å². The number of anilines is 1. The Labute approximate surface area is 75.2 Å². The third-order valence-corrected chi connectivity index (χ3v) is 1.71. The molecule has 0 bridgehead atoms. The zero-order chi connectivity index (χ0) is 9.10. The van der Waals surface area contributed by atoms with Crippen LogP contribution in [0.25, 0.3) is 5.69 Å². The molecule has 0 saturated carbocycles. The minimum Gasteiger partial charge on any atom is -0.292 e. The van der Waals surface area contributed by atoms with Crippen molar-refractivity contribution in [1.82, 2.24) is 14.8 Å². The zero-order valence-corrected chi connectivity index (χ0v) is 6.88. The summed E-state index contributed by atoms with van der Waals surface area (Å²) in [5.41, 5.74) is 3.44. The number of nitrogens with one attached hydrogen (secondary N) is 1. The molecular formula is C8H9N5. The number of hydrazine groups is 1. The first-order valence-electron chi connectivity index (χ1n) is 3.84. The molecule has 3 N–H and O–H groups in total. The van der Waals surface area contributed by atoms with E-state index in [1.165, 1.54) is 0 Å². The van der Waals surface area contributed by atoms with E-state index in [1.54, 1.807) is 10.9 Å². The Balaban J connectivity index is 2.47. The standard InChI is InChI=1S/C8H9N5/c9-11-8-12-10-6-13(8)7-4-2-1-3-5-7/h1-6H,9H2,(H,11,12). The van der Waals surface area contributed by atoms with Gasteiger partial charge in [0.05, 0.1) is 5.69 Å². The van der Waals surface area contributed by atoms with Crippen LogP contribution < -0.4 is 11.3 Å². The van der Waals surface area contributed by atoms with Crippen LogP contribution in [-0.4, -0.2) is 14.8 Å². The molecule has 0 saturated heterocycles.